The van der Waals surface area contributed by atoms with Crippen LogP contribution >= 0.6 is 23.5 Å². The first-order valence-electron chi connectivity index (χ1n) is 42.0. The van der Waals surface area contributed by atoms with E-state index in [0.717, 1.165) is 34.4 Å². The first-order chi connectivity index (χ1) is 60.2. The summed E-state index contributed by atoms with van der Waals surface area (Å²) < 4.78 is 0. The second-order valence-electron chi connectivity index (χ2n) is 31.8. The molecule has 0 bridgehead atoms. The number of imidazole rings is 1. The molecule has 0 unspecified atom stereocenters. The number of carboxylic acids is 3. The highest BCUT2D eigenvalue weighted by atomic mass is 32.2. The van der Waals surface area contributed by atoms with Crippen molar-refractivity contribution in [2.24, 2.45) is 35.1 Å². The maximum Gasteiger partial charge on any atom is 0.326 e. The number of thioether (sulfide) groups is 2. The molecule has 42 heteroatoms. The van der Waals surface area contributed by atoms with E-state index in [9.17, 15) is 82.8 Å². The van der Waals surface area contributed by atoms with Crippen LogP contribution < -0.4 is 85.9 Å². The van der Waals surface area contributed by atoms with Crippen molar-refractivity contribution in [1.29, 1.82) is 0 Å². The number of fused-ring (bicyclic) bond motifs is 1. The average molecular weight is 1810 g/mol. The number of carboxylic acid groups (broad SMARTS) is 3. The van der Waals surface area contributed by atoms with Gasteiger partial charge in [-0.05, 0) is 90.8 Å². The molecule has 15 atom stereocenters. The van der Waals surface area contributed by atoms with Crippen LogP contribution in [0.5, 0.6) is 5.75 Å². The summed E-state index contributed by atoms with van der Waals surface area (Å²) in [5.74, 6) is -20.4. The highest BCUT2D eigenvalue weighted by Crippen LogP contribution is 2.22. The summed E-state index contributed by atoms with van der Waals surface area (Å²) in [5, 5.41) is 77.6. The third-order valence-electron chi connectivity index (χ3n) is 20.7. The summed E-state index contributed by atoms with van der Waals surface area (Å²) in [6.45, 7) is 16.0. The number of rotatable bonds is 57. The van der Waals surface area contributed by atoms with Crippen LogP contribution in [-0.2, 0) is 107 Å². The van der Waals surface area contributed by atoms with Gasteiger partial charge in [-0.25, -0.2) is 9.78 Å². The molecular weight excluding hydrogens is 1690 g/mol. The molecule has 0 aliphatic rings. The predicted octanol–water partition coefficient (Wildman–Crippen LogP) is 0.0131. The number of unbranched alkanes of at least 4 members (excludes halogenated alkanes) is 1. The summed E-state index contributed by atoms with van der Waals surface area (Å²) in [6, 6.07) is 0.826. The first-order valence-corrected chi connectivity index (χ1v) is 44.3. The number of hydrogen-bond donors (Lipinski definition) is 22. The van der Waals surface area contributed by atoms with Crippen molar-refractivity contribution >= 4 is 135 Å². The first kappa shape index (κ1) is 105. The largest absolute Gasteiger partial charge is 0.508 e. The molecule has 0 fully saturated rings. The number of nitrogens with one attached hydrogen (secondary N) is 16. The van der Waals surface area contributed by atoms with Gasteiger partial charge in [0.15, 0.2) is 0 Å². The van der Waals surface area contributed by atoms with Gasteiger partial charge in [-0.2, -0.15) is 0 Å². The molecule has 5 aromatic rings. The molecule has 0 aliphatic heterocycles. The molecular formula is C85H123N19O21S2. The SMILES string of the molecule is CC[C@H](C)[C@H](NC(=O)[C@H](CC(=O)O)NC(=O)[C@H](CC(C)C)NC(=O)[C@H](Cc1c[nH]cn1)NC(=O)[C@H](CSCNC(C)=O)NC(=O)[C@H](Cc1ccccc1)NC(=O)[C@H](Cc1ccc(O)cc1)NC(=O)[C@@H](NC(=O)[C@H](CSCNC(C)=O)NC(=O)[C@H](CCC(=O)O)NC(=O)[C@@H](N)CCCCN)C(C)C)C(=O)N[C@H](C(=O)N[C@@H](Cc1c[nH]c2ccccc12)C(=O)O)[C@@H](C)CC. The minimum Gasteiger partial charge on any atom is -0.508 e. The Labute approximate surface area is 744 Å². The van der Waals surface area contributed by atoms with Crippen LogP contribution in [0.15, 0.2) is 97.6 Å². The number of amides is 14. The Kier molecular flexibility index (Phi) is 44.8. The van der Waals surface area contributed by atoms with Gasteiger partial charge in [-0.1, -0.05) is 135 Å². The number of aliphatic carboxylic acids is 3. The molecule has 0 saturated carbocycles. The molecule has 0 spiro atoms. The lowest BCUT2D eigenvalue weighted by atomic mass is 9.94. The molecule has 0 saturated heterocycles. The van der Waals surface area contributed by atoms with Crippen LogP contribution in [0.3, 0.4) is 0 Å². The Morgan fingerprint density at radius 2 is 0.890 bits per heavy atom. The summed E-state index contributed by atoms with van der Waals surface area (Å²) in [5.41, 5.74) is 14.1. The van der Waals surface area contributed by atoms with Gasteiger partial charge in [-0.15, -0.1) is 23.5 Å². The van der Waals surface area contributed by atoms with Gasteiger partial charge in [0.2, 0.25) is 82.7 Å². The number of H-pyrrole nitrogens is 2. The van der Waals surface area contributed by atoms with Crippen LogP contribution in [0.2, 0.25) is 0 Å². The Bertz CT molecular complexity index is 4520. The second-order valence-corrected chi connectivity index (χ2v) is 33.9. The molecule has 127 heavy (non-hydrogen) atoms. The molecule has 40 nitrogen and oxygen atoms in total. The maximum atomic E-state index is 15.3. The van der Waals surface area contributed by atoms with Gasteiger partial charge >= 0.3 is 17.9 Å². The lowest BCUT2D eigenvalue weighted by Gasteiger charge is -2.31. The Balaban J connectivity index is 1.45. The van der Waals surface area contributed by atoms with Crippen molar-refractivity contribution in [2.75, 3.05) is 29.8 Å². The molecule has 5 rings (SSSR count). The van der Waals surface area contributed by atoms with Gasteiger partial charge in [0, 0.05) is 80.8 Å². The van der Waals surface area contributed by atoms with Crippen molar-refractivity contribution in [1.82, 2.24) is 89.4 Å². The van der Waals surface area contributed by atoms with E-state index < -0.39 is 229 Å². The number of aromatic hydroxyl groups is 1. The summed E-state index contributed by atoms with van der Waals surface area (Å²) in [4.78, 5) is 247. The van der Waals surface area contributed by atoms with Gasteiger partial charge in [0.05, 0.1) is 36.2 Å². The molecule has 3 aromatic carbocycles. The monoisotopic (exact) mass is 1810 g/mol. The fourth-order valence-corrected chi connectivity index (χ4v) is 14.9. The zero-order chi connectivity index (χ0) is 94.1. The second kappa shape index (κ2) is 54.0. The number of phenolic OH excluding ortho intramolecular Hbond substituents is 1. The fraction of sp³-hybridized carbons (Fsp3) is 0.529. The summed E-state index contributed by atoms with van der Waals surface area (Å²) >= 11 is 1.93. The van der Waals surface area contributed by atoms with Crippen molar-refractivity contribution in [3.05, 3.63) is 120 Å². The highest BCUT2D eigenvalue weighted by Gasteiger charge is 2.41. The molecule has 0 aliphatic carbocycles. The third kappa shape index (κ3) is 36.7. The van der Waals surface area contributed by atoms with E-state index in [0.29, 0.717) is 42.5 Å². The standard InChI is InChI=1S/C85H123N19O21S2/c1-11-47(7)71(83(122)99-65(85(124)125)35-53-38-89-58-24-17-16-22-56(53)58)104-84(123)72(48(8)12-2)103-79(118)64(37-69(110)111)97-75(114)60(32-45(3)4)94-78(117)63(36-54-39-88-42-90-54)96-80(119)66(40-126-43-91-49(9)105)101-77(116)61(33-51-20-14-13-15-21-51)95-76(115)62(34-52-25-27-55(107)28-26-52)98-82(121)70(46(5)6)102-81(120)67(41-127-44-92-50(10)106)100-74(113)59(29-30-68(108)109)93-73(112)57(87)23-18-19-31-86/h13-17,20-22,24-28,38-39,42,45-48,57,59-67,70-72,89,107H,11-12,18-19,23,29-37,40-41,43-44,86-87H2,1-10H3,(H,88,90)(H,91,105)(H,92,106)(H,93,112)(H,94,117)(H,95,115)(H,96,119)(H,97,114)(H,98,121)(H,99,122)(H,100,113)(H,101,116)(H,102,120)(H,103,118)(H,104,123)(H,108,109)(H,110,111)(H,124,125)/t47-,48-,57-,59-,60-,61-,62-,63-,64-,65-,66-,67-,70-,71-,72-/m0/s1. The molecule has 24 N–H and O–H groups in total. The zero-order valence-corrected chi connectivity index (χ0v) is 74.6. The Morgan fingerprint density at radius 1 is 0.449 bits per heavy atom. The van der Waals surface area contributed by atoms with E-state index in [2.05, 4.69) is 89.4 Å². The van der Waals surface area contributed by atoms with Crippen molar-refractivity contribution in [3.8, 4) is 5.75 Å². The minimum atomic E-state index is -1.93. The van der Waals surface area contributed by atoms with E-state index in [4.69, 9.17) is 11.5 Å². The molecule has 696 valence electrons. The number of carbonyl (C=O) groups is 17. The number of benzene rings is 3. The maximum absolute atomic E-state index is 15.3. The number of hydrogen-bond acceptors (Lipinski definition) is 23. The lowest BCUT2D eigenvalue weighted by Crippen LogP contribution is -2.62. The quantitative estimate of drug-likeness (QED) is 0.0180. The number of para-hydroxylation sites is 1. The number of aromatic amines is 2. The minimum absolute atomic E-state index is 0.0652. The summed E-state index contributed by atoms with van der Waals surface area (Å²) in [6.07, 6.45) is 2.63. The number of carbonyl (C=O) groups excluding carboxylic acids is 14. The highest BCUT2D eigenvalue weighted by molar-refractivity contribution is 7.99. The smallest absolute Gasteiger partial charge is 0.326 e. The van der Waals surface area contributed by atoms with Gasteiger partial charge in [0.25, 0.3) is 0 Å². The number of nitrogens with two attached hydrogens (primary N) is 2. The zero-order valence-electron chi connectivity index (χ0n) is 72.9. The van der Waals surface area contributed by atoms with Crippen LogP contribution in [0.25, 0.3) is 10.9 Å². The van der Waals surface area contributed by atoms with Crippen molar-refractivity contribution in [2.45, 2.75) is 231 Å². The topological polar surface area (TPSA) is 636 Å². The summed E-state index contributed by atoms with van der Waals surface area (Å²) in [7, 11) is 0. The van der Waals surface area contributed by atoms with E-state index in [-0.39, 0.29) is 73.2 Å². The predicted molar refractivity (Wildman–Crippen MR) is 473 cm³/mol. The van der Waals surface area contributed by atoms with E-state index in [1.54, 1.807) is 116 Å². The van der Waals surface area contributed by atoms with E-state index in [1.165, 1.54) is 50.6 Å². The number of phenols is 1. The molecule has 0 radical (unpaired) electrons. The van der Waals surface area contributed by atoms with Crippen molar-refractivity contribution < 1.29 is 102 Å². The number of aromatic nitrogens is 3. The van der Waals surface area contributed by atoms with Crippen LogP contribution in [-0.4, -0.2) is 244 Å². The molecule has 2 heterocycles. The Morgan fingerprint density at radius 3 is 1.40 bits per heavy atom. The fourth-order valence-electron chi connectivity index (χ4n) is 13.1. The van der Waals surface area contributed by atoms with E-state index in [1.807, 2.05) is 0 Å². The van der Waals surface area contributed by atoms with Crippen LogP contribution in [0.1, 0.15) is 149 Å². The van der Waals surface area contributed by atoms with Gasteiger partial charge in [0.1, 0.15) is 78.3 Å². The third-order valence-corrected chi connectivity index (χ3v) is 22.5. The van der Waals surface area contributed by atoms with E-state index >= 15 is 19.2 Å². The normalized spacial score (nSPS) is 14.8. The van der Waals surface area contributed by atoms with Crippen LogP contribution in [0.4, 0.5) is 0 Å². The van der Waals surface area contributed by atoms with Crippen molar-refractivity contribution in [3.63, 3.8) is 0 Å². The lowest BCUT2D eigenvalue weighted by molar-refractivity contribution is -0.143. The van der Waals surface area contributed by atoms with Gasteiger partial charge < -0.3 is 116 Å². The molecule has 2 aromatic heterocycles. The van der Waals surface area contributed by atoms with Crippen LogP contribution in [0, 0.1) is 23.7 Å². The van der Waals surface area contributed by atoms with Gasteiger partial charge in [-0.3, -0.25) is 76.7 Å². The number of nitrogens with zero attached hydrogens (tertiary/aromatic N) is 1. The molecule has 14 amide bonds. The Hall–Kier alpha value is -12.2. The average Bonchev–Trinajstić information content (AvgIpc) is 1.29.